The number of carbonyl (C=O) groups excluding carboxylic acids is 2. The van der Waals surface area contributed by atoms with Crippen LogP contribution in [-0.2, 0) is 37.2 Å². The molecule has 8 heteroatoms. The lowest BCUT2D eigenvalue weighted by Gasteiger charge is -2.37. The van der Waals surface area contributed by atoms with Crippen molar-refractivity contribution < 1.29 is 22.7 Å². The summed E-state index contributed by atoms with van der Waals surface area (Å²) in [7, 11) is -3.54. The molecule has 1 atom stereocenters. The first-order valence-electron chi connectivity index (χ1n) is 11.5. The molecule has 1 aromatic carbocycles. The highest BCUT2D eigenvalue weighted by atomic mass is 32.2. The van der Waals surface area contributed by atoms with E-state index in [-0.39, 0.29) is 23.7 Å². The first-order valence-corrected chi connectivity index (χ1v) is 12.9. The van der Waals surface area contributed by atoms with Crippen molar-refractivity contribution in [2.24, 2.45) is 11.8 Å². The van der Waals surface area contributed by atoms with Gasteiger partial charge < -0.3 is 9.64 Å². The SMILES string of the molecule is CCOC(=O)[C@H]1CCCN(C(=O)C2CCN(S(=O)(=O)c3ccc4c(c3)CCC4)CC2)C1. The summed E-state index contributed by atoms with van der Waals surface area (Å²) in [6, 6.07) is 5.50. The second-order valence-corrected chi connectivity index (χ2v) is 10.8. The highest BCUT2D eigenvalue weighted by molar-refractivity contribution is 7.89. The molecule has 4 rings (SSSR count). The Hall–Kier alpha value is -1.93. The van der Waals surface area contributed by atoms with Crippen LogP contribution in [0.15, 0.2) is 23.1 Å². The minimum absolute atomic E-state index is 0.0450. The van der Waals surface area contributed by atoms with Gasteiger partial charge in [-0.25, -0.2) is 8.42 Å². The largest absolute Gasteiger partial charge is 0.466 e. The van der Waals surface area contributed by atoms with Crippen LogP contribution in [0.25, 0.3) is 0 Å². The number of hydrogen-bond donors (Lipinski definition) is 0. The monoisotopic (exact) mass is 448 g/mol. The zero-order chi connectivity index (χ0) is 22.0. The molecule has 0 aromatic heterocycles. The van der Waals surface area contributed by atoms with E-state index in [1.165, 1.54) is 9.87 Å². The van der Waals surface area contributed by atoms with E-state index in [2.05, 4.69) is 0 Å². The van der Waals surface area contributed by atoms with Gasteiger partial charge in [0.1, 0.15) is 0 Å². The number of ether oxygens (including phenoxy) is 1. The molecule has 170 valence electrons. The van der Waals surface area contributed by atoms with Crippen molar-refractivity contribution in [3.05, 3.63) is 29.3 Å². The molecule has 0 radical (unpaired) electrons. The Morgan fingerprint density at radius 3 is 2.48 bits per heavy atom. The van der Waals surface area contributed by atoms with Crippen molar-refractivity contribution in [3.8, 4) is 0 Å². The van der Waals surface area contributed by atoms with E-state index >= 15 is 0 Å². The number of aryl methyl sites for hydroxylation is 2. The van der Waals surface area contributed by atoms with E-state index in [1.807, 2.05) is 12.1 Å². The molecule has 0 bridgehead atoms. The molecular formula is C23H32N2O5S. The smallest absolute Gasteiger partial charge is 0.310 e. The quantitative estimate of drug-likeness (QED) is 0.646. The van der Waals surface area contributed by atoms with Crippen LogP contribution in [0, 0.1) is 11.8 Å². The molecule has 1 amide bonds. The number of amides is 1. The summed E-state index contributed by atoms with van der Waals surface area (Å²) < 4.78 is 32.9. The van der Waals surface area contributed by atoms with Gasteiger partial charge in [0.25, 0.3) is 0 Å². The zero-order valence-corrected chi connectivity index (χ0v) is 19.0. The minimum atomic E-state index is -3.54. The van der Waals surface area contributed by atoms with Crippen molar-refractivity contribution in [3.63, 3.8) is 0 Å². The average molecular weight is 449 g/mol. The van der Waals surface area contributed by atoms with E-state index < -0.39 is 10.0 Å². The van der Waals surface area contributed by atoms with Crippen LogP contribution in [0.4, 0.5) is 0 Å². The van der Waals surface area contributed by atoms with Gasteiger partial charge >= 0.3 is 5.97 Å². The summed E-state index contributed by atoms with van der Waals surface area (Å²) >= 11 is 0. The molecule has 2 saturated heterocycles. The Labute approximate surface area is 184 Å². The molecular weight excluding hydrogens is 416 g/mol. The van der Waals surface area contributed by atoms with Crippen LogP contribution in [0.5, 0.6) is 0 Å². The number of fused-ring (bicyclic) bond motifs is 1. The molecule has 0 unspecified atom stereocenters. The summed E-state index contributed by atoms with van der Waals surface area (Å²) in [5.74, 6) is -0.621. The summed E-state index contributed by atoms with van der Waals surface area (Å²) in [6.07, 6.45) is 5.63. The number of carbonyl (C=O) groups is 2. The zero-order valence-electron chi connectivity index (χ0n) is 18.2. The number of sulfonamides is 1. The third kappa shape index (κ3) is 4.65. The minimum Gasteiger partial charge on any atom is -0.466 e. The van der Waals surface area contributed by atoms with Crippen molar-refractivity contribution in [1.29, 1.82) is 0 Å². The molecule has 1 aromatic rings. The Morgan fingerprint density at radius 2 is 1.74 bits per heavy atom. The molecule has 1 aliphatic carbocycles. The second kappa shape index (κ2) is 9.28. The molecule has 0 N–H and O–H groups in total. The van der Waals surface area contributed by atoms with Gasteiger partial charge in [-0.3, -0.25) is 9.59 Å². The fourth-order valence-corrected chi connectivity index (χ4v) is 6.61. The maximum atomic E-state index is 13.1. The number of rotatable bonds is 5. The highest BCUT2D eigenvalue weighted by Gasteiger charge is 2.36. The molecule has 0 spiro atoms. The van der Waals surface area contributed by atoms with Crippen LogP contribution in [0.2, 0.25) is 0 Å². The van der Waals surface area contributed by atoms with Crippen LogP contribution in [0.1, 0.15) is 50.2 Å². The number of nitrogens with zero attached hydrogens (tertiary/aromatic N) is 2. The molecule has 7 nitrogen and oxygen atoms in total. The van der Waals surface area contributed by atoms with E-state index in [1.54, 1.807) is 17.9 Å². The van der Waals surface area contributed by atoms with Gasteiger partial charge in [-0.05, 0) is 75.1 Å². The first kappa shape index (κ1) is 22.3. The fourth-order valence-electron chi connectivity index (χ4n) is 5.09. The molecule has 2 aliphatic heterocycles. The topological polar surface area (TPSA) is 84.0 Å². The number of hydrogen-bond acceptors (Lipinski definition) is 5. The summed E-state index contributed by atoms with van der Waals surface area (Å²) in [5, 5.41) is 0. The predicted octanol–water partition coefficient (Wildman–Crippen LogP) is 2.38. The van der Waals surface area contributed by atoms with Crippen LogP contribution in [0.3, 0.4) is 0 Å². The standard InChI is InChI=1S/C23H32N2O5S/c1-2-30-23(27)20-7-4-12-24(16-20)22(26)18-10-13-25(14-11-18)31(28,29)21-9-8-17-5-3-6-19(17)15-21/h8-9,15,18,20H,2-7,10-14,16H2,1H3/t20-/m0/s1. The Balaban J connectivity index is 1.36. The summed E-state index contributed by atoms with van der Waals surface area (Å²) in [4.78, 5) is 27.3. The maximum absolute atomic E-state index is 13.1. The second-order valence-electron chi connectivity index (χ2n) is 8.84. The summed E-state index contributed by atoms with van der Waals surface area (Å²) in [6.45, 7) is 3.90. The third-order valence-electron chi connectivity index (χ3n) is 6.86. The number of piperidine rings is 2. The Bertz CT molecular complexity index is 937. The van der Waals surface area contributed by atoms with Gasteiger partial charge in [0.15, 0.2) is 0 Å². The molecule has 31 heavy (non-hydrogen) atoms. The number of esters is 1. The van der Waals surface area contributed by atoms with E-state index in [0.717, 1.165) is 37.7 Å². The van der Waals surface area contributed by atoms with Crippen molar-refractivity contribution in [2.75, 3.05) is 32.8 Å². The Morgan fingerprint density at radius 1 is 1.00 bits per heavy atom. The Kier molecular flexibility index (Phi) is 6.67. The van der Waals surface area contributed by atoms with E-state index in [9.17, 15) is 18.0 Å². The molecule has 0 saturated carbocycles. The van der Waals surface area contributed by atoms with Crippen LogP contribution >= 0.6 is 0 Å². The lowest BCUT2D eigenvalue weighted by Crippen LogP contribution is -2.48. The van der Waals surface area contributed by atoms with E-state index in [4.69, 9.17) is 4.74 Å². The van der Waals surface area contributed by atoms with Gasteiger partial charge in [-0.2, -0.15) is 4.31 Å². The molecule has 3 aliphatic rings. The van der Waals surface area contributed by atoms with E-state index in [0.29, 0.717) is 50.5 Å². The fraction of sp³-hybridized carbons (Fsp3) is 0.652. The maximum Gasteiger partial charge on any atom is 0.310 e. The summed E-state index contributed by atoms with van der Waals surface area (Å²) in [5.41, 5.74) is 2.40. The van der Waals surface area contributed by atoms with Gasteiger partial charge in [0.05, 0.1) is 17.4 Å². The molecule has 2 heterocycles. The number of benzene rings is 1. The van der Waals surface area contributed by atoms with Gasteiger partial charge in [-0.15, -0.1) is 0 Å². The van der Waals surface area contributed by atoms with Crippen molar-refractivity contribution in [2.45, 2.75) is 56.8 Å². The lowest BCUT2D eigenvalue weighted by molar-refractivity contribution is -0.152. The predicted molar refractivity (Wildman–Crippen MR) is 116 cm³/mol. The van der Waals surface area contributed by atoms with Crippen molar-refractivity contribution in [1.82, 2.24) is 9.21 Å². The van der Waals surface area contributed by atoms with Crippen molar-refractivity contribution >= 4 is 21.9 Å². The highest BCUT2D eigenvalue weighted by Crippen LogP contribution is 2.30. The van der Waals surface area contributed by atoms with Gasteiger partial charge in [-0.1, -0.05) is 6.07 Å². The third-order valence-corrected chi connectivity index (χ3v) is 8.76. The van der Waals surface area contributed by atoms with Crippen LogP contribution in [-0.4, -0.2) is 62.3 Å². The van der Waals surface area contributed by atoms with Gasteiger partial charge in [0.2, 0.25) is 15.9 Å². The first-order chi connectivity index (χ1) is 14.9. The normalized spacial score (nSPS) is 22.9. The number of likely N-dealkylation sites (tertiary alicyclic amines) is 1. The average Bonchev–Trinajstić information content (AvgIpc) is 3.27. The van der Waals surface area contributed by atoms with Gasteiger partial charge in [0, 0.05) is 32.1 Å². The lowest BCUT2D eigenvalue weighted by atomic mass is 9.93. The molecule has 2 fully saturated rings. The van der Waals surface area contributed by atoms with Crippen LogP contribution < -0.4 is 0 Å².